The molecular formula is C7H10N2O2. The van der Waals surface area contributed by atoms with Crippen molar-refractivity contribution in [1.29, 1.82) is 0 Å². The summed E-state index contributed by atoms with van der Waals surface area (Å²) in [4.78, 5) is 22.2. The van der Waals surface area contributed by atoms with Gasteiger partial charge >= 0.3 is 0 Å². The van der Waals surface area contributed by atoms with Crippen LogP contribution >= 0.6 is 0 Å². The number of hydrogen-bond donors (Lipinski definition) is 2. The molecule has 0 radical (unpaired) electrons. The number of hydrogen-bond acceptors (Lipinski definition) is 2. The Labute approximate surface area is 64.3 Å². The molecule has 0 aromatic carbocycles. The van der Waals surface area contributed by atoms with Crippen LogP contribution in [0.2, 0.25) is 0 Å². The van der Waals surface area contributed by atoms with Gasteiger partial charge in [0.15, 0.2) is 0 Å². The average Bonchev–Trinajstić information content (AvgIpc) is 2.42. The number of rotatable bonds is 0. The number of fused-ring (bicyclic) bond motifs is 2. The number of amides is 2. The molecule has 2 unspecified atom stereocenters. The predicted octanol–water partition coefficient (Wildman–Crippen LogP) is -0.436. The number of nitrogens with one attached hydrogen (secondary N) is 2. The largest absolute Gasteiger partial charge is 0.273 e. The highest BCUT2D eigenvalue weighted by Gasteiger charge is 2.36. The standard InChI is InChI=1S/C7H10N2O2/c10-6-4-1-2-5(3-4)7(11)9-8-6/h4-5H,1-3H2,(H,8,10)(H,9,11). The Morgan fingerprint density at radius 1 is 1.00 bits per heavy atom. The minimum absolute atomic E-state index is 0.0293. The second-order valence-corrected chi connectivity index (χ2v) is 3.19. The Balaban J connectivity index is 2.20. The molecule has 1 heterocycles. The van der Waals surface area contributed by atoms with Gasteiger partial charge in [-0.05, 0) is 19.3 Å². The fraction of sp³-hybridized carbons (Fsp3) is 0.714. The highest BCUT2D eigenvalue weighted by molar-refractivity contribution is 5.88. The van der Waals surface area contributed by atoms with Crippen LogP contribution < -0.4 is 10.9 Å². The van der Waals surface area contributed by atoms with Crippen molar-refractivity contribution in [3.05, 3.63) is 0 Å². The normalized spacial score (nSPS) is 36.0. The minimum atomic E-state index is -0.0293. The van der Waals surface area contributed by atoms with Gasteiger partial charge < -0.3 is 0 Å². The summed E-state index contributed by atoms with van der Waals surface area (Å²) in [7, 11) is 0. The topological polar surface area (TPSA) is 58.2 Å². The van der Waals surface area contributed by atoms with E-state index in [9.17, 15) is 9.59 Å². The lowest BCUT2D eigenvalue weighted by Gasteiger charge is -2.09. The van der Waals surface area contributed by atoms with Gasteiger partial charge in [-0.1, -0.05) is 0 Å². The minimum Gasteiger partial charge on any atom is -0.273 e. The summed E-state index contributed by atoms with van der Waals surface area (Å²) in [5, 5.41) is 0. The molecule has 11 heavy (non-hydrogen) atoms. The molecule has 60 valence electrons. The Hall–Kier alpha value is -1.06. The summed E-state index contributed by atoms with van der Waals surface area (Å²) in [5.74, 6) is 0.0783. The first-order chi connectivity index (χ1) is 5.27. The van der Waals surface area contributed by atoms with Gasteiger partial charge in [-0.25, -0.2) is 0 Å². The van der Waals surface area contributed by atoms with Gasteiger partial charge in [-0.2, -0.15) is 0 Å². The highest BCUT2D eigenvalue weighted by atomic mass is 16.2. The molecule has 2 amide bonds. The van der Waals surface area contributed by atoms with Gasteiger partial charge in [0.2, 0.25) is 11.8 Å². The van der Waals surface area contributed by atoms with Crippen molar-refractivity contribution in [2.24, 2.45) is 11.8 Å². The van der Waals surface area contributed by atoms with Gasteiger partial charge in [-0.3, -0.25) is 20.4 Å². The van der Waals surface area contributed by atoms with Gasteiger partial charge in [0.1, 0.15) is 0 Å². The van der Waals surface area contributed by atoms with Crippen LogP contribution in [0.15, 0.2) is 0 Å². The summed E-state index contributed by atoms with van der Waals surface area (Å²) in [6, 6.07) is 0. The lowest BCUT2D eigenvalue weighted by Crippen LogP contribution is -2.43. The quantitative estimate of drug-likeness (QED) is 0.497. The first kappa shape index (κ1) is 6.64. The van der Waals surface area contributed by atoms with Crippen molar-refractivity contribution < 1.29 is 9.59 Å². The number of carbonyl (C=O) groups excluding carboxylic acids is 2. The van der Waals surface area contributed by atoms with Gasteiger partial charge in [0, 0.05) is 11.8 Å². The maximum atomic E-state index is 11.1. The summed E-state index contributed by atoms with van der Waals surface area (Å²) in [5.41, 5.74) is 4.77. The SMILES string of the molecule is O=C1NNC(=O)C2CCC1C2. The number of hydrazine groups is 1. The van der Waals surface area contributed by atoms with E-state index in [2.05, 4.69) is 10.9 Å². The maximum Gasteiger partial charge on any atom is 0.241 e. The second-order valence-electron chi connectivity index (χ2n) is 3.19. The Bertz CT molecular complexity index is 192. The van der Waals surface area contributed by atoms with Crippen LogP contribution in [0.3, 0.4) is 0 Å². The number of carbonyl (C=O) groups is 2. The second kappa shape index (κ2) is 2.22. The van der Waals surface area contributed by atoms with Crippen LogP contribution in [0.4, 0.5) is 0 Å². The van der Waals surface area contributed by atoms with E-state index in [-0.39, 0.29) is 23.7 Å². The molecule has 1 aliphatic heterocycles. The van der Waals surface area contributed by atoms with Gasteiger partial charge in [0.25, 0.3) is 0 Å². The van der Waals surface area contributed by atoms with Crippen molar-refractivity contribution in [2.45, 2.75) is 19.3 Å². The molecule has 1 saturated carbocycles. The third-order valence-corrected chi connectivity index (χ3v) is 2.48. The van der Waals surface area contributed by atoms with E-state index in [1.54, 1.807) is 0 Å². The van der Waals surface area contributed by atoms with E-state index in [0.717, 1.165) is 19.3 Å². The molecule has 2 rings (SSSR count). The lowest BCUT2D eigenvalue weighted by atomic mass is 10.1. The van der Waals surface area contributed by atoms with Crippen LogP contribution in [-0.2, 0) is 9.59 Å². The van der Waals surface area contributed by atoms with Crippen LogP contribution in [0.25, 0.3) is 0 Å². The summed E-state index contributed by atoms with van der Waals surface area (Å²) in [6.45, 7) is 0. The van der Waals surface area contributed by atoms with Crippen molar-refractivity contribution in [1.82, 2.24) is 10.9 Å². The first-order valence-electron chi connectivity index (χ1n) is 3.87. The van der Waals surface area contributed by atoms with Crippen molar-refractivity contribution in [2.75, 3.05) is 0 Å². The fourth-order valence-electron chi connectivity index (χ4n) is 1.79. The summed E-state index contributed by atoms with van der Waals surface area (Å²) >= 11 is 0. The van der Waals surface area contributed by atoms with E-state index in [4.69, 9.17) is 0 Å². The molecule has 4 nitrogen and oxygen atoms in total. The molecule has 2 bridgehead atoms. The summed E-state index contributed by atoms with van der Waals surface area (Å²) < 4.78 is 0. The maximum absolute atomic E-state index is 11.1. The zero-order chi connectivity index (χ0) is 7.84. The fourth-order valence-corrected chi connectivity index (χ4v) is 1.79. The molecule has 1 saturated heterocycles. The van der Waals surface area contributed by atoms with Crippen molar-refractivity contribution in [3.8, 4) is 0 Å². The third kappa shape index (κ3) is 0.982. The van der Waals surface area contributed by atoms with E-state index in [1.807, 2.05) is 0 Å². The molecule has 2 aliphatic rings. The highest BCUT2D eigenvalue weighted by Crippen LogP contribution is 2.32. The summed E-state index contributed by atoms with van der Waals surface area (Å²) in [6.07, 6.45) is 2.46. The molecule has 2 fully saturated rings. The van der Waals surface area contributed by atoms with Crippen molar-refractivity contribution in [3.63, 3.8) is 0 Å². The molecule has 0 aromatic heterocycles. The first-order valence-corrected chi connectivity index (χ1v) is 3.87. The van der Waals surface area contributed by atoms with Crippen molar-refractivity contribution >= 4 is 11.8 Å². The predicted molar refractivity (Wildman–Crippen MR) is 37.1 cm³/mol. The molecule has 4 heteroatoms. The van der Waals surface area contributed by atoms with Crippen LogP contribution in [0.5, 0.6) is 0 Å². The molecule has 2 atom stereocenters. The van der Waals surface area contributed by atoms with E-state index in [0.29, 0.717) is 0 Å². The molecule has 0 spiro atoms. The van der Waals surface area contributed by atoms with E-state index >= 15 is 0 Å². The zero-order valence-electron chi connectivity index (χ0n) is 6.09. The Kier molecular flexibility index (Phi) is 1.34. The Morgan fingerprint density at radius 3 is 1.91 bits per heavy atom. The molecular weight excluding hydrogens is 144 g/mol. The van der Waals surface area contributed by atoms with Gasteiger partial charge in [-0.15, -0.1) is 0 Å². The van der Waals surface area contributed by atoms with Crippen LogP contribution in [0.1, 0.15) is 19.3 Å². The van der Waals surface area contributed by atoms with Crippen LogP contribution in [-0.4, -0.2) is 11.8 Å². The average molecular weight is 154 g/mol. The van der Waals surface area contributed by atoms with E-state index in [1.165, 1.54) is 0 Å². The van der Waals surface area contributed by atoms with Gasteiger partial charge in [0.05, 0.1) is 0 Å². The zero-order valence-corrected chi connectivity index (χ0v) is 6.09. The molecule has 0 aromatic rings. The Morgan fingerprint density at radius 2 is 1.45 bits per heavy atom. The third-order valence-electron chi connectivity index (χ3n) is 2.48. The van der Waals surface area contributed by atoms with Crippen LogP contribution in [0, 0.1) is 11.8 Å². The van der Waals surface area contributed by atoms with E-state index < -0.39 is 0 Å². The lowest BCUT2D eigenvalue weighted by molar-refractivity contribution is -0.130. The molecule has 2 N–H and O–H groups in total. The monoisotopic (exact) mass is 154 g/mol. The smallest absolute Gasteiger partial charge is 0.241 e. The molecule has 1 aliphatic carbocycles.